The number of hydrogen-bond acceptors (Lipinski definition) is 3. The summed E-state index contributed by atoms with van der Waals surface area (Å²) in [6.45, 7) is 11.4. The normalized spacial score (nSPS) is 19.4. The van der Waals surface area contributed by atoms with Gasteiger partial charge in [0.25, 0.3) is 0 Å². The Kier molecular flexibility index (Phi) is 6.68. The fourth-order valence-electron chi connectivity index (χ4n) is 5.18. The molecule has 2 aliphatic rings. The summed E-state index contributed by atoms with van der Waals surface area (Å²) in [4.78, 5) is 13.2. The number of hydrogen-bond donors (Lipinski definition) is 1. The lowest BCUT2D eigenvalue weighted by molar-refractivity contribution is -0.128. The van der Waals surface area contributed by atoms with Gasteiger partial charge in [0, 0.05) is 24.5 Å². The van der Waals surface area contributed by atoms with Crippen LogP contribution >= 0.6 is 0 Å². The molecule has 30 heavy (non-hydrogen) atoms. The van der Waals surface area contributed by atoms with E-state index in [1.807, 2.05) is 12.1 Å². The lowest BCUT2D eigenvalue weighted by atomic mass is 9.81. The maximum absolute atomic E-state index is 13.2. The Hall–Kier alpha value is -1.40. The molecule has 5 nitrogen and oxygen atoms in total. The first-order chi connectivity index (χ1) is 13.9. The number of piperidine rings is 1. The van der Waals surface area contributed by atoms with Crippen molar-refractivity contribution in [3.05, 3.63) is 29.3 Å². The maximum atomic E-state index is 13.2. The number of nitrogens with one attached hydrogen (secondary N) is 1. The van der Waals surface area contributed by atoms with Crippen molar-refractivity contribution in [3.8, 4) is 0 Å². The van der Waals surface area contributed by atoms with Gasteiger partial charge in [-0.15, -0.1) is 0 Å². The molecule has 1 amide bonds. The summed E-state index contributed by atoms with van der Waals surface area (Å²) in [6, 6.07) is 5.61. The zero-order chi connectivity index (χ0) is 22.2. The van der Waals surface area contributed by atoms with E-state index in [1.54, 1.807) is 10.4 Å². The van der Waals surface area contributed by atoms with Crippen LogP contribution in [0.2, 0.25) is 0 Å². The molecule has 1 aromatic carbocycles. The summed E-state index contributed by atoms with van der Waals surface area (Å²) in [7, 11) is -3.50. The third-order valence-corrected chi connectivity index (χ3v) is 8.11. The molecule has 1 aliphatic heterocycles. The summed E-state index contributed by atoms with van der Waals surface area (Å²) >= 11 is 0. The van der Waals surface area contributed by atoms with Crippen molar-refractivity contribution in [1.82, 2.24) is 9.62 Å². The number of carbonyl (C=O) groups is 1. The number of aryl methyl sites for hydroxylation is 2. The highest BCUT2D eigenvalue weighted by Gasteiger charge is 2.35. The Morgan fingerprint density at radius 2 is 1.63 bits per heavy atom. The molecule has 0 unspecified atom stereocenters. The first-order valence-corrected chi connectivity index (χ1v) is 12.8. The van der Waals surface area contributed by atoms with E-state index in [9.17, 15) is 13.2 Å². The van der Waals surface area contributed by atoms with Crippen LogP contribution in [0.25, 0.3) is 0 Å². The van der Waals surface area contributed by atoms with Crippen LogP contribution in [-0.2, 0) is 27.7 Å². The molecule has 0 spiro atoms. The molecule has 1 fully saturated rings. The highest BCUT2D eigenvalue weighted by Crippen LogP contribution is 2.30. The van der Waals surface area contributed by atoms with E-state index in [0.717, 1.165) is 25.7 Å². The second kappa shape index (κ2) is 8.62. The van der Waals surface area contributed by atoms with Crippen LogP contribution < -0.4 is 5.32 Å². The molecule has 1 aromatic rings. The van der Waals surface area contributed by atoms with E-state index < -0.39 is 10.0 Å². The molecule has 0 aromatic heterocycles. The summed E-state index contributed by atoms with van der Waals surface area (Å²) in [5, 5.41) is 3.20. The molecular formula is C24H38N2O3S. The number of amides is 1. The van der Waals surface area contributed by atoms with Crippen molar-refractivity contribution in [1.29, 1.82) is 0 Å². The van der Waals surface area contributed by atoms with Gasteiger partial charge in [-0.1, -0.05) is 26.8 Å². The lowest BCUT2D eigenvalue weighted by Gasteiger charge is -2.36. The predicted molar refractivity (Wildman–Crippen MR) is 121 cm³/mol. The van der Waals surface area contributed by atoms with Crippen molar-refractivity contribution >= 4 is 15.9 Å². The SMILES string of the molecule is CC(C)(C)CC(C)(C)NC(=O)C1CCN(S(=O)(=O)c2ccc3c(c2)CCCC3)CC1. The van der Waals surface area contributed by atoms with Crippen molar-refractivity contribution in [2.45, 2.75) is 90.0 Å². The van der Waals surface area contributed by atoms with Crippen molar-refractivity contribution in [2.24, 2.45) is 11.3 Å². The largest absolute Gasteiger partial charge is 0.351 e. The summed E-state index contributed by atoms with van der Waals surface area (Å²) in [5.41, 5.74) is 2.32. The van der Waals surface area contributed by atoms with Crippen molar-refractivity contribution < 1.29 is 13.2 Å². The van der Waals surface area contributed by atoms with Crippen LogP contribution in [0, 0.1) is 11.3 Å². The van der Waals surface area contributed by atoms with Gasteiger partial charge in [-0.25, -0.2) is 8.42 Å². The Morgan fingerprint density at radius 3 is 2.23 bits per heavy atom. The second-order valence-electron chi connectivity index (χ2n) is 10.9. The van der Waals surface area contributed by atoms with Gasteiger partial charge in [-0.05, 0) is 87.5 Å². The fourth-order valence-corrected chi connectivity index (χ4v) is 6.70. The molecule has 1 aliphatic carbocycles. The molecule has 0 saturated carbocycles. The molecule has 3 rings (SSSR count). The zero-order valence-corrected chi connectivity index (χ0v) is 20.1. The minimum Gasteiger partial charge on any atom is -0.351 e. The van der Waals surface area contributed by atoms with Crippen LogP contribution in [0.15, 0.2) is 23.1 Å². The first-order valence-electron chi connectivity index (χ1n) is 11.3. The highest BCUT2D eigenvalue weighted by molar-refractivity contribution is 7.89. The van der Waals surface area contributed by atoms with Gasteiger partial charge in [0.1, 0.15) is 0 Å². The average Bonchev–Trinajstić information content (AvgIpc) is 2.65. The van der Waals surface area contributed by atoms with E-state index in [0.29, 0.717) is 30.8 Å². The van der Waals surface area contributed by atoms with E-state index in [4.69, 9.17) is 0 Å². The monoisotopic (exact) mass is 434 g/mol. The van der Waals surface area contributed by atoms with Crippen LogP contribution in [-0.4, -0.2) is 37.3 Å². The number of carbonyl (C=O) groups excluding carboxylic acids is 1. The number of nitrogens with zero attached hydrogens (tertiary/aromatic N) is 1. The molecule has 6 heteroatoms. The number of fused-ring (bicyclic) bond motifs is 1. The minimum absolute atomic E-state index is 0.0510. The smallest absolute Gasteiger partial charge is 0.243 e. The Balaban J connectivity index is 1.61. The van der Waals surface area contributed by atoms with Crippen LogP contribution in [0.3, 0.4) is 0 Å². The Labute approximate surface area is 182 Å². The van der Waals surface area contributed by atoms with Gasteiger partial charge in [0.2, 0.25) is 15.9 Å². The second-order valence-corrected chi connectivity index (χ2v) is 12.9. The molecule has 0 bridgehead atoms. The number of sulfonamides is 1. The summed E-state index contributed by atoms with van der Waals surface area (Å²) in [6.07, 6.45) is 6.34. The van der Waals surface area contributed by atoms with Crippen molar-refractivity contribution in [2.75, 3.05) is 13.1 Å². The molecule has 168 valence electrons. The van der Waals surface area contributed by atoms with E-state index >= 15 is 0 Å². The van der Waals surface area contributed by atoms with Gasteiger partial charge in [-0.3, -0.25) is 4.79 Å². The van der Waals surface area contributed by atoms with Gasteiger partial charge in [0.05, 0.1) is 4.90 Å². The standard InChI is InChI=1S/C24H38N2O3S/c1-23(2,3)17-24(4,5)25-22(27)19-12-14-26(15-13-19)30(28,29)21-11-10-18-8-6-7-9-20(18)16-21/h10-11,16,19H,6-9,12-15,17H2,1-5H3,(H,25,27). The van der Waals surface area contributed by atoms with E-state index in [-0.39, 0.29) is 22.8 Å². The van der Waals surface area contributed by atoms with Gasteiger partial charge < -0.3 is 5.32 Å². The molecule has 0 atom stereocenters. The Bertz CT molecular complexity index is 876. The number of rotatable bonds is 5. The van der Waals surface area contributed by atoms with Gasteiger partial charge in [0.15, 0.2) is 0 Å². The quantitative estimate of drug-likeness (QED) is 0.751. The molecule has 0 radical (unpaired) electrons. The van der Waals surface area contributed by atoms with Gasteiger partial charge >= 0.3 is 0 Å². The predicted octanol–water partition coefficient (Wildman–Crippen LogP) is 4.30. The lowest BCUT2D eigenvalue weighted by Crippen LogP contribution is -2.50. The minimum atomic E-state index is -3.50. The molecule has 1 heterocycles. The summed E-state index contributed by atoms with van der Waals surface area (Å²) in [5.74, 6) is -0.0747. The fraction of sp³-hybridized carbons (Fsp3) is 0.708. The zero-order valence-electron chi connectivity index (χ0n) is 19.3. The maximum Gasteiger partial charge on any atom is 0.243 e. The topological polar surface area (TPSA) is 66.5 Å². The first kappa shape index (κ1) is 23.3. The van der Waals surface area contributed by atoms with Crippen LogP contribution in [0.5, 0.6) is 0 Å². The van der Waals surface area contributed by atoms with Crippen LogP contribution in [0.1, 0.15) is 77.8 Å². The van der Waals surface area contributed by atoms with E-state index in [1.165, 1.54) is 17.5 Å². The van der Waals surface area contributed by atoms with Gasteiger partial charge in [-0.2, -0.15) is 4.31 Å². The number of benzene rings is 1. The third-order valence-electron chi connectivity index (χ3n) is 6.22. The summed E-state index contributed by atoms with van der Waals surface area (Å²) < 4.78 is 27.9. The molecular weight excluding hydrogens is 396 g/mol. The van der Waals surface area contributed by atoms with Crippen LogP contribution in [0.4, 0.5) is 0 Å². The third kappa shape index (κ3) is 5.64. The average molecular weight is 435 g/mol. The van der Waals surface area contributed by atoms with E-state index in [2.05, 4.69) is 39.9 Å². The molecule has 1 saturated heterocycles. The van der Waals surface area contributed by atoms with Crippen molar-refractivity contribution in [3.63, 3.8) is 0 Å². The highest BCUT2D eigenvalue weighted by atomic mass is 32.2. The molecule has 1 N–H and O–H groups in total. The Morgan fingerprint density at radius 1 is 1.03 bits per heavy atom.